The van der Waals surface area contributed by atoms with Crippen LogP contribution in [0.2, 0.25) is 5.02 Å². The monoisotopic (exact) mass is 854 g/mol. The molecule has 3 heterocycles. The number of rotatable bonds is 13. The van der Waals surface area contributed by atoms with Crippen molar-refractivity contribution >= 4 is 68.7 Å². The highest BCUT2D eigenvalue weighted by Gasteiger charge is 2.61. The number of likely N-dealkylation sites (N-methyl/N-ethyl adjacent to an activating group) is 1. The Kier molecular flexibility index (Phi) is 16.6. The molecular weight excluding hydrogens is 800 g/mol. The quantitative estimate of drug-likeness (QED) is 0.109. The zero-order valence-corrected chi connectivity index (χ0v) is 36.1. The van der Waals surface area contributed by atoms with Gasteiger partial charge in [-0.15, -0.1) is 0 Å². The highest BCUT2D eigenvalue weighted by Crippen LogP contribution is 2.47. The zero-order chi connectivity index (χ0) is 42.1. The van der Waals surface area contributed by atoms with E-state index in [1.54, 1.807) is 63.0 Å². The van der Waals surface area contributed by atoms with Crippen molar-refractivity contribution in [3.8, 4) is 5.75 Å². The van der Waals surface area contributed by atoms with Crippen LogP contribution in [0.25, 0.3) is 0 Å². The molecule has 1 aromatic rings. The molecule has 0 aliphatic carbocycles. The summed E-state index contributed by atoms with van der Waals surface area (Å²) in [5.74, 6) is 0.174. The van der Waals surface area contributed by atoms with Crippen molar-refractivity contribution in [3.05, 3.63) is 46.5 Å². The molecule has 57 heavy (non-hydrogen) atoms. The molecule has 2 saturated heterocycles. The topological polar surface area (TPSA) is 186 Å². The van der Waals surface area contributed by atoms with E-state index in [0.29, 0.717) is 30.0 Å². The summed E-state index contributed by atoms with van der Waals surface area (Å²) in [6, 6.07) is 2.57. The van der Waals surface area contributed by atoms with Crippen molar-refractivity contribution in [2.75, 3.05) is 51.8 Å². The second-order valence-electron chi connectivity index (χ2n) is 14.6. The summed E-state index contributed by atoms with van der Waals surface area (Å²) in [5, 5.41) is 17.0. The van der Waals surface area contributed by atoms with Crippen molar-refractivity contribution < 1.29 is 52.8 Å². The van der Waals surface area contributed by atoms with Gasteiger partial charge in [0.1, 0.15) is 40.7 Å². The van der Waals surface area contributed by atoms with E-state index in [-0.39, 0.29) is 42.5 Å². The summed E-state index contributed by atoms with van der Waals surface area (Å²) in [4.78, 5) is 67.8. The van der Waals surface area contributed by atoms with Crippen LogP contribution in [0.5, 0.6) is 5.75 Å². The normalized spacial score (nSPS) is 28.4. The summed E-state index contributed by atoms with van der Waals surface area (Å²) in [6.07, 6.45) is 2.39. The van der Waals surface area contributed by atoms with Crippen molar-refractivity contribution in [1.82, 2.24) is 15.5 Å². The highest BCUT2D eigenvalue weighted by atomic mass is 35.5. The Labute approximate surface area is 347 Å². The van der Waals surface area contributed by atoms with Crippen LogP contribution in [0.3, 0.4) is 0 Å². The SMILES string of the molecule is CNC(=O)CCCSSCCC(=O)N(C)[C@H](C)C(=O)O[C@@H]1CC(=O)N(C)c2cc(cc(OC)c2Cl)C/C(C)=C/C=C/[C@H](OC)[C@]2(O)C[C@H](C[C@H]3O[C@]13C)OC(=O)N2. The minimum Gasteiger partial charge on any atom is -0.495 e. The number of allylic oxidation sites excluding steroid dienone is 3. The number of carbonyl (C=O) groups excluding carboxylic acids is 5. The molecule has 0 spiro atoms. The molecule has 15 nitrogen and oxygen atoms in total. The number of aliphatic hydroxyl groups is 1. The number of benzene rings is 1. The molecule has 4 amide bonds. The minimum atomic E-state index is -1.82. The number of nitrogens with one attached hydrogen (secondary N) is 2. The molecule has 316 valence electrons. The number of carbonyl (C=O) groups is 5. The molecule has 3 N–H and O–H groups in total. The van der Waals surface area contributed by atoms with Gasteiger partial charge in [0.05, 0.1) is 25.3 Å². The first-order valence-corrected chi connectivity index (χ1v) is 21.6. The number of alkyl carbamates (subject to hydrolysis) is 1. The number of nitrogens with zero attached hydrogens (tertiary/aromatic N) is 2. The summed E-state index contributed by atoms with van der Waals surface area (Å²) < 4.78 is 29.0. The molecule has 0 radical (unpaired) electrons. The third-order valence-electron chi connectivity index (χ3n) is 10.5. The predicted octanol–water partition coefficient (Wildman–Crippen LogP) is 4.57. The number of hydrogen-bond acceptors (Lipinski definition) is 13. The third-order valence-corrected chi connectivity index (χ3v) is 13.3. The molecule has 4 bridgehead atoms. The molecule has 0 saturated carbocycles. The molecule has 7 atom stereocenters. The molecule has 0 unspecified atom stereocenters. The van der Waals surface area contributed by atoms with Gasteiger partial charge in [-0.2, -0.15) is 0 Å². The number of anilines is 1. The van der Waals surface area contributed by atoms with E-state index in [0.717, 1.165) is 23.3 Å². The Morgan fingerprint density at radius 3 is 2.60 bits per heavy atom. The summed E-state index contributed by atoms with van der Waals surface area (Å²) in [5.41, 5.74) is -0.918. The van der Waals surface area contributed by atoms with Gasteiger partial charge in [0.15, 0.2) is 5.72 Å². The van der Waals surface area contributed by atoms with Gasteiger partial charge >= 0.3 is 12.1 Å². The van der Waals surface area contributed by atoms with E-state index < -0.39 is 59.8 Å². The number of halogens is 1. The fourth-order valence-corrected chi connectivity index (χ4v) is 9.08. The smallest absolute Gasteiger partial charge is 0.409 e. The number of epoxide rings is 1. The average molecular weight is 855 g/mol. The fraction of sp³-hybridized carbons (Fsp3) is 0.615. The number of esters is 1. The Morgan fingerprint density at radius 2 is 1.91 bits per heavy atom. The van der Waals surface area contributed by atoms with E-state index in [4.69, 9.17) is 35.3 Å². The van der Waals surface area contributed by atoms with Gasteiger partial charge in [-0.3, -0.25) is 19.7 Å². The largest absolute Gasteiger partial charge is 0.495 e. The van der Waals surface area contributed by atoms with Crippen LogP contribution >= 0.6 is 33.2 Å². The number of ether oxygens (including phenoxy) is 5. The molecule has 3 aliphatic rings. The number of fused-ring (bicyclic) bond motifs is 5. The van der Waals surface area contributed by atoms with Gasteiger partial charge in [-0.1, -0.05) is 57.0 Å². The van der Waals surface area contributed by atoms with Gasteiger partial charge in [0.2, 0.25) is 17.7 Å². The van der Waals surface area contributed by atoms with Crippen LogP contribution in [0.4, 0.5) is 10.5 Å². The second kappa shape index (κ2) is 20.5. The summed E-state index contributed by atoms with van der Waals surface area (Å²) in [7, 11) is 10.7. The second-order valence-corrected chi connectivity index (χ2v) is 17.7. The lowest BCUT2D eigenvalue weighted by Gasteiger charge is -2.40. The van der Waals surface area contributed by atoms with E-state index in [2.05, 4.69) is 10.6 Å². The lowest BCUT2D eigenvalue weighted by molar-refractivity contribution is -0.161. The molecule has 1 aromatic carbocycles. The van der Waals surface area contributed by atoms with E-state index in [1.165, 1.54) is 41.9 Å². The molecular formula is C39H55ClN4O11S2. The van der Waals surface area contributed by atoms with Gasteiger partial charge in [0.25, 0.3) is 0 Å². The molecule has 2 fully saturated rings. The van der Waals surface area contributed by atoms with Gasteiger partial charge in [-0.25, -0.2) is 9.59 Å². The molecule has 4 rings (SSSR count). The van der Waals surface area contributed by atoms with Crippen molar-refractivity contribution in [3.63, 3.8) is 0 Å². The lowest BCUT2D eigenvalue weighted by atomic mass is 9.90. The minimum absolute atomic E-state index is 0.0159. The van der Waals surface area contributed by atoms with Crippen molar-refractivity contribution in [1.29, 1.82) is 0 Å². The standard InChI is InChI=1S/C39H55ClN4O11S2/c1-23-11-9-12-29(52-8)39(50)22-26(53-37(49)42-39)20-31-38(3,55-31)30(21-34(47)44(6)27-18-25(17-23)19-28(51-7)35(27)40)54-36(48)24(2)43(5)33(46)14-16-57-56-15-10-13-32(45)41-4/h9,11-12,18-19,24,26,29-31,50H,10,13-17,20-22H2,1-8H3,(H,41,45)(H,42,49)/b12-9+,23-11+/t24-,26+,29+,30-,31-,38-,39-/m1/s1. The van der Waals surface area contributed by atoms with E-state index in [9.17, 15) is 29.1 Å². The van der Waals surface area contributed by atoms with Crippen LogP contribution in [0, 0.1) is 0 Å². The molecule has 3 aliphatic heterocycles. The van der Waals surface area contributed by atoms with Crippen LogP contribution in [0.1, 0.15) is 64.9 Å². The Bertz CT molecular complexity index is 1720. The van der Waals surface area contributed by atoms with Crippen LogP contribution in [-0.2, 0) is 44.5 Å². The summed E-state index contributed by atoms with van der Waals surface area (Å²) >= 11 is 6.76. The van der Waals surface area contributed by atoms with E-state index in [1.807, 2.05) is 13.0 Å². The highest BCUT2D eigenvalue weighted by molar-refractivity contribution is 8.76. The predicted molar refractivity (Wildman–Crippen MR) is 219 cm³/mol. The van der Waals surface area contributed by atoms with Gasteiger partial charge in [-0.05, 0) is 51.3 Å². The zero-order valence-electron chi connectivity index (χ0n) is 33.8. The lowest BCUT2D eigenvalue weighted by Crippen LogP contribution is -2.62. The van der Waals surface area contributed by atoms with Gasteiger partial charge < -0.3 is 43.9 Å². The Morgan fingerprint density at radius 1 is 1.19 bits per heavy atom. The average Bonchev–Trinajstić information content (AvgIpc) is 3.83. The van der Waals surface area contributed by atoms with Crippen molar-refractivity contribution in [2.45, 2.75) is 108 Å². The van der Waals surface area contributed by atoms with Crippen LogP contribution in [0.15, 0.2) is 35.9 Å². The fourth-order valence-electron chi connectivity index (χ4n) is 6.70. The first-order chi connectivity index (χ1) is 27.0. The maximum atomic E-state index is 14.1. The first-order valence-electron chi connectivity index (χ1n) is 18.8. The number of methoxy groups -OCH3 is 2. The maximum absolute atomic E-state index is 14.1. The molecule has 0 aromatic heterocycles. The Balaban J connectivity index is 1.58. The maximum Gasteiger partial charge on any atom is 0.409 e. The third kappa shape index (κ3) is 12.0. The number of hydrogen-bond donors (Lipinski definition) is 3. The van der Waals surface area contributed by atoms with Crippen LogP contribution < -0.4 is 20.3 Å². The van der Waals surface area contributed by atoms with E-state index >= 15 is 0 Å². The Hall–Kier alpha value is -3.48. The van der Waals surface area contributed by atoms with Crippen molar-refractivity contribution in [2.24, 2.45) is 0 Å². The summed E-state index contributed by atoms with van der Waals surface area (Å²) in [6.45, 7) is 5.17. The van der Waals surface area contributed by atoms with Gasteiger partial charge in [0, 0.05) is 65.4 Å². The number of amides is 4. The van der Waals surface area contributed by atoms with Crippen LogP contribution in [-0.4, -0.2) is 128 Å². The molecule has 18 heteroatoms. The first kappa shape index (κ1) is 46.2.